The lowest BCUT2D eigenvalue weighted by molar-refractivity contribution is 0.0403. The van der Waals surface area contributed by atoms with E-state index in [4.69, 9.17) is 9.31 Å². The van der Waals surface area contributed by atoms with E-state index in [1.54, 1.807) is 0 Å². The predicted octanol–water partition coefficient (Wildman–Crippen LogP) is 1.30. The standard InChI is InChI=1S/C9H22B2O2/c1-7(2)12-11-13-9(5,6)8(3,4)10/h7,11H,10H2,1-6H3. The lowest BCUT2D eigenvalue weighted by Gasteiger charge is -2.39. The van der Waals surface area contributed by atoms with Crippen LogP contribution in [0.25, 0.3) is 0 Å². The smallest absolute Gasteiger partial charge is 0.412 e. The summed E-state index contributed by atoms with van der Waals surface area (Å²) in [7, 11) is 2.55. The molecular formula is C9H22B2O2. The molecule has 0 saturated carbocycles. The maximum Gasteiger partial charge on any atom is 0.438 e. The first kappa shape index (κ1) is 13.0. The van der Waals surface area contributed by atoms with Crippen molar-refractivity contribution in [3.05, 3.63) is 0 Å². The Balaban J connectivity index is 3.90. The van der Waals surface area contributed by atoms with Gasteiger partial charge in [-0.3, -0.25) is 0 Å². The van der Waals surface area contributed by atoms with E-state index in [0.717, 1.165) is 0 Å². The first-order valence-electron chi connectivity index (χ1n) is 4.92. The van der Waals surface area contributed by atoms with Crippen molar-refractivity contribution in [2.45, 2.75) is 58.6 Å². The number of hydrogen-bond acceptors (Lipinski definition) is 2. The second kappa shape index (κ2) is 4.52. The summed E-state index contributed by atoms with van der Waals surface area (Å²) in [5.41, 5.74) is -0.151. The molecule has 0 aliphatic heterocycles. The Kier molecular flexibility index (Phi) is 4.53. The molecule has 0 heterocycles. The van der Waals surface area contributed by atoms with Gasteiger partial charge in [0.25, 0.3) is 0 Å². The van der Waals surface area contributed by atoms with E-state index in [-0.39, 0.29) is 17.0 Å². The first-order valence-corrected chi connectivity index (χ1v) is 4.92. The molecule has 0 atom stereocenters. The summed E-state index contributed by atoms with van der Waals surface area (Å²) in [5.74, 6) is 0. The molecule has 13 heavy (non-hydrogen) atoms. The fourth-order valence-corrected chi connectivity index (χ4v) is 0.534. The number of rotatable bonds is 5. The van der Waals surface area contributed by atoms with Crippen LogP contribution in [0.5, 0.6) is 0 Å². The SMILES string of the molecule is BC(C)(C)C(C)(C)OBOC(C)C. The lowest BCUT2D eigenvalue weighted by atomic mass is 9.62. The highest BCUT2D eigenvalue weighted by Crippen LogP contribution is 2.36. The van der Waals surface area contributed by atoms with Crippen LogP contribution < -0.4 is 0 Å². The van der Waals surface area contributed by atoms with Crippen molar-refractivity contribution in [2.24, 2.45) is 0 Å². The van der Waals surface area contributed by atoms with Crippen molar-refractivity contribution in [2.75, 3.05) is 0 Å². The van der Waals surface area contributed by atoms with Gasteiger partial charge in [0.1, 0.15) is 7.85 Å². The zero-order chi connectivity index (χ0) is 10.7. The maximum absolute atomic E-state index is 5.68. The van der Waals surface area contributed by atoms with Gasteiger partial charge in [0, 0.05) is 11.7 Å². The minimum Gasteiger partial charge on any atom is -0.412 e. The molecule has 0 fully saturated rings. The summed E-state index contributed by atoms with van der Waals surface area (Å²) in [4.78, 5) is 0. The van der Waals surface area contributed by atoms with Crippen LogP contribution >= 0.6 is 0 Å². The van der Waals surface area contributed by atoms with Gasteiger partial charge in [0.05, 0.1) is 0 Å². The van der Waals surface area contributed by atoms with Crippen LogP contribution in [-0.2, 0) is 9.31 Å². The van der Waals surface area contributed by atoms with Crippen LogP contribution in [0.2, 0.25) is 5.31 Å². The highest BCUT2D eigenvalue weighted by atomic mass is 16.6. The molecule has 0 aliphatic carbocycles. The molecule has 0 radical (unpaired) electrons. The normalized spacial score (nSPS) is 13.5. The van der Waals surface area contributed by atoms with Gasteiger partial charge in [-0.2, -0.15) is 0 Å². The minimum absolute atomic E-state index is 0.132. The average molecular weight is 184 g/mol. The van der Waals surface area contributed by atoms with Crippen molar-refractivity contribution < 1.29 is 9.31 Å². The van der Waals surface area contributed by atoms with E-state index in [2.05, 4.69) is 35.5 Å². The van der Waals surface area contributed by atoms with Crippen molar-refractivity contribution >= 4 is 15.5 Å². The molecule has 0 N–H and O–H groups in total. The predicted molar refractivity (Wildman–Crippen MR) is 61.1 cm³/mol. The van der Waals surface area contributed by atoms with Gasteiger partial charge in [0.2, 0.25) is 0 Å². The lowest BCUT2D eigenvalue weighted by Crippen LogP contribution is -2.38. The van der Waals surface area contributed by atoms with Gasteiger partial charge in [0.15, 0.2) is 0 Å². The highest BCUT2D eigenvalue weighted by molar-refractivity contribution is 6.19. The molecule has 4 heteroatoms. The zero-order valence-corrected chi connectivity index (χ0v) is 10.1. The van der Waals surface area contributed by atoms with Crippen LogP contribution in [0.1, 0.15) is 41.5 Å². The molecule has 0 amide bonds. The second-order valence-corrected chi connectivity index (χ2v) is 5.24. The fraction of sp³-hybridized carbons (Fsp3) is 1.00. The second-order valence-electron chi connectivity index (χ2n) is 5.24. The monoisotopic (exact) mass is 184 g/mol. The zero-order valence-electron chi connectivity index (χ0n) is 10.1. The Bertz CT molecular complexity index is 150. The van der Waals surface area contributed by atoms with E-state index in [1.165, 1.54) is 0 Å². The third-order valence-corrected chi connectivity index (χ3v) is 2.63. The van der Waals surface area contributed by atoms with E-state index in [9.17, 15) is 0 Å². The summed E-state index contributed by atoms with van der Waals surface area (Å²) in [6.07, 6.45) is 0.232. The Labute approximate surface area is 84.1 Å². The minimum atomic E-state index is -0.151. The maximum atomic E-state index is 5.68. The van der Waals surface area contributed by atoms with E-state index >= 15 is 0 Å². The van der Waals surface area contributed by atoms with Gasteiger partial charge in [-0.15, -0.1) is 0 Å². The molecule has 0 aromatic carbocycles. The van der Waals surface area contributed by atoms with Gasteiger partial charge >= 0.3 is 7.69 Å². The van der Waals surface area contributed by atoms with Crippen molar-refractivity contribution in [1.82, 2.24) is 0 Å². The molecule has 0 aromatic rings. The summed E-state index contributed by atoms with van der Waals surface area (Å²) >= 11 is 0. The van der Waals surface area contributed by atoms with Gasteiger partial charge in [-0.1, -0.05) is 13.8 Å². The van der Waals surface area contributed by atoms with Crippen LogP contribution in [0.3, 0.4) is 0 Å². The molecule has 0 unspecified atom stereocenters. The van der Waals surface area contributed by atoms with Gasteiger partial charge in [-0.25, -0.2) is 0 Å². The average Bonchev–Trinajstić information content (AvgIpc) is 1.82. The van der Waals surface area contributed by atoms with Gasteiger partial charge in [-0.05, 0) is 33.0 Å². The summed E-state index contributed by atoms with van der Waals surface area (Å²) in [6.45, 7) is 12.5. The Morgan fingerprint density at radius 1 is 1.15 bits per heavy atom. The quantitative estimate of drug-likeness (QED) is 0.599. The summed E-state index contributed by atoms with van der Waals surface area (Å²) < 4.78 is 11.0. The molecule has 0 aromatic heterocycles. The fourth-order valence-electron chi connectivity index (χ4n) is 0.534. The van der Waals surface area contributed by atoms with Crippen LogP contribution in [0, 0.1) is 0 Å². The molecule has 0 spiro atoms. The topological polar surface area (TPSA) is 18.5 Å². The van der Waals surface area contributed by atoms with Crippen LogP contribution in [0.4, 0.5) is 0 Å². The van der Waals surface area contributed by atoms with E-state index in [1.807, 2.05) is 13.8 Å². The number of hydrogen-bond donors (Lipinski definition) is 0. The van der Waals surface area contributed by atoms with Crippen molar-refractivity contribution in [3.8, 4) is 0 Å². The van der Waals surface area contributed by atoms with Crippen molar-refractivity contribution in [1.29, 1.82) is 0 Å². The van der Waals surface area contributed by atoms with E-state index < -0.39 is 0 Å². The molecule has 76 valence electrons. The van der Waals surface area contributed by atoms with Crippen LogP contribution in [0.15, 0.2) is 0 Å². The molecule has 0 aliphatic rings. The third kappa shape index (κ3) is 4.72. The largest absolute Gasteiger partial charge is 0.438 e. The third-order valence-electron chi connectivity index (χ3n) is 2.63. The summed E-state index contributed by atoms with van der Waals surface area (Å²) in [5, 5.41) is 0.132. The molecule has 0 rings (SSSR count). The molecule has 0 saturated heterocycles. The van der Waals surface area contributed by atoms with Gasteiger partial charge < -0.3 is 9.31 Å². The van der Waals surface area contributed by atoms with Crippen molar-refractivity contribution in [3.63, 3.8) is 0 Å². The highest BCUT2D eigenvalue weighted by Gasteiger charge is 2.33. The Hall–Kier alpha value is 0.0499. The van der Waals surface area contributed by atoms with E-state index in [0.29, 0.717) is 7.69 Å². The Morgan fingerprint density at radius 3 is 1.92 bits per heavy atom. The summed E-state index contributed by atoms with van der Waals surface area (Å²) in [6, 6.07) is 0. The molecule has 2 nitrogen and oxygen atoms in total. The molecule has 0 bridgehead atoms. The van der Waals surface area contributed by atoms with Crippen LogP contribution in [-0.4, -0.2) is 27.2 Å². The first-order chi connectivity index (χ1) is 5.67. The molecular weight excluding hydrogens is 162 g/mol. The Morgan fingerprint density at radius 2 is 1.62 bits per heavy atom.